The first-order valence-corrected chi connectivity index (χ1v) is 9.28. The normalized spacial score (nSPS) is 23.9. The second-order valence-electron chi connectivity index (χ2n) is 7.23. The molecule has 146 valence electrons. The van der Waals surface area contributed by atoms with Gasteiger partial charge in [0.1, 0.15) is 5.82 Å². The summed E-state index contributed by atoms with van der Waals surface area (Å²) in [5, 5.41) is 7.83. The third-order valence-electron chi connectivity index (χ3n) is 5.26. The zero-order valence-corrected chi connectivity index (χ0v) is 15.6. The second-order valence-corrected chi connectivity index (χ2v) is 7.23. The zero-order chi connectivity index (χ0) is 24.7. The molecule has 7 heteroatoms. The molecule has 4 rings (SSSR count). The highest BCUT2D eigenvalue weighted by Crippen LogP contribution is 2.28. The van der Waals surface area contributed by atoms with E-state index in [1.54, 1.807) is 23.1 Å². The quantitative estimate of drug-likeness (QED) is 0.748. The van der Waals surface area contributed by atoms with Gasteiger partial charge in [0.15, 0.2) is 0 Å². The molecule has 3 aromatic rings. The van der Waals surface area contributed by atoms with Crippen LogP contribution in [0.4, 0.5) is 5.82 Å². The lowest BCUT2D eigenvalue weighted by Crippen LogP contribution is -2.35. The fraction of sp³-hybridized carbons (Fsp3) is 0.429. The number of rotatable bonds is 4. The summed E-state index contributed by atoms with van der Waals surface area (Å²) >= 11 is 0. The average Bonchev–Trinajstić information content (AvgIpc) is 3.18. The van der Waals surface area contributed by atoms with Crippen LogP contribution in [0.2, 0.25) is 0 Å². The highest BCUT2D eigenvalue weighted by Gasteiger charge is 2.27. The van der Waals surface area contributed by atoms with Crippen molar-refractivity contribution in [2.24, 2.45) is 13.0 Å². The Labute approximate surface area is 173 Å². The molecule has 0 unspecified atom stereocenters. The van der Waals surface area contributed by atoms with Gasteiger partial charge >= 0.3 is 0 Å². The number of carbonyl (C=O) groups excluding carboxylic acids is 1. The monoisotopic (exact) mass is 384 g/mol. The van der Waals surface area contributed by atoms with Crippen LogP contribution in [0, 0.1) is 5.92 Å². The Hall–Kier alpha value is -2.80. The molecule has 0 aliphatic heterocycles. The number of anilines is 1. The van der Waals surface area contributed by atoms with E-state index >= 15 is 0 Å². The summed E-state index contributed by atoms with van der Waals surface area (Å²) < 4.78 is 47.3. The fourth-order valence-electron chi connectivity index (χ4n) is 3.62. The lowest BCUT2D eigenvalue weighted by Gasteiger charge is -2.31. The summed E-state index contributed by atoms with van der Waals surface area (Å²) in [6.45, 7) is -5.44. The number of amides is 1. The number of fused-ring (bicyclic) bond motifs is 1. The van der Waals surface area contributed by atoms with Crippen LogP contribution in [0.15, 0.2) is 36.8 Å². The lowest BCUT2D eigenvalue weighted by atomic mass is 9.85. The van der Waals surface area contributed by atoms with Crippen molar-refractivity contribution < 1.29 is 13.0 Å². The van der Waals surface area contributed by atoms with Gasteiger partial charge in [-0.3, -0.25) is 9.48 Å². The van der Waals surface area contributed by atoms with Gasteiger partial charge in [-0.05, 0) is 51.8 Å². The molecule has 1 aliphatic carbocycles. The van der Waals surface area contributed by atoms with Crippen molar-refractivity contribution in [1.82, 2.24) is 24.6 Å². The van der Waals surface area contributed by atoms with Crippen LogP contribution in [-0.4, -0.2) is 50.5 Å². The van der Waals surface area contributed by atoms with Crippen molar-refractivity contribution in [1.29, 1.82) is 0 Å². The fourth-order valence-corrected chi connectivity index (χ4v) is 3.62. The van der Waals surface area contributed by atoms with E-state index in [2.05, 4.69) is 20.4 Å². The number of hydrogen-bond acceptors (Lipinski definition) is 5. The van der Waals surface area contributed by atoms with E-state index in [0.717, 1.165) is 16.6 Å². The van der Waals surface area contributed by atoms with Gasteiger partial charge in [0.2, 0.25) is 5.91 Å². The maximum Gasteiger partial charge on any atom is 0.228 e. The molecule has 1 N–H and O–H groups in total. The SMILES string of the molecule is [2H]C([2H])([2H])N([C@H]1CC[C@H](C(=O)Nc2cc3nc(-c4cnn(C)c4)ccc3cn2)CC1)C([2H])([2H])[2H]. The van der Waals surface area contributed by atoms with Crippen LogP contribution in [0.25, 0.3) is 22.2 Å². The van der Waals surface area contributed by atoms with Crippen LogP contribution in [0.1, 0.15) is 33.9 Å². The van der Waals surface area contributed by atoms with Gasteiger partial charge in [-0.1, -0.05) is 0 Å². The molecule has 1 fully saturated rings. The third kappa shape index (κ3) is 3.89. The average molecular weight is 385 g/mol. The van der Waals surface area contributed by atoms with Crippen molar-refractivity contribution in [3.8, 4) is 11.3 Å². The first kappa shape index (κ1) is 12.6. The number of hydrogen-bond donors (Lipinski definition) is 1. The highest BCUT2D eigenvalue weighted by atomic mass is 16.1. The summed E-state index contributed by atoms with van der Waals surface area (Å²) in [5.74, 6) is -0.191. The minimum atomic E-state index is -2.72. The Morgan fingerprint density at radius 2 is 2.07 bits per heavy atom. The van der Waals surface area contributed by atoms with Crippen LogP contribution in [-0.2, 0) is 11.8 Å². The molecule has 28 heavy (non-hydrogen) atoms. The van der Waals surface area contributed by atoms with Gasteiger partial charge < -0.3 is 10.2 Å². The van der Waals surface area contributed by atoms with Crippen molar-refractivity contribution in [3.05, 3.63) is 36.8 Å². The zero-order valence-electron chi connectivity index (χ0n) is 21.6. The van der Waals surface area contributed by atoms with E-state index in [-0.39, 0.29) is 11.8 Å². The maximum absolute atomic E-state index is 12.8. The van der Waals surface area contributed by atoms with Gasteiger partial charge in [-0.15, -0.1) is 0 Å². The Morgan fingerprint density at radius 1 is 1.25 bits per heavy atom. The predicted molar refractivity (Wildman–Crippen MR) is 110 cm³/mol. The highest BCUT2D eigenvalue weighted by molar-refractivity contribution is 5.93. The largest absolute Gasteiger partial charge is 0.310 e. The topological polar surface area (TPSA) is 75.9 Å². The van der Waals surface area contributed by atoms with E-state index in [1.807, 2.05) is 25.4 Å². The van der Waals surface area contributed by atoms with E-state index in [4.69, 9.17) is 8.22 Å². The minimum absolute atomic E-state index is 0.219. The molecule has 1 aliphatic rings. The second kappa shape index (κ2) is 7.67. The van der Waals surface area contributed by atoms with Gasteiger partial charge in [0, 0.05) is 56.6 Å². The summed E-state index contributed by atoms with van der Waals surface area (Å²) in [5.41, 5.74) is 2.32. The molecule has 0 radical (unpaired) electrons. The summed E-state index contributed by atoms with van der Waals surface area (Å²) in [6, 6.07) is 4.88. The lowest BCUT2D eigenvalue weighted by molar-refractivity contribution is -0.121. The molecule has 0 saturated heterocycles. The van der Waals surface area contributed by atoms with Crippen LogP contribution < -0.4 is 5.32 Å². The smallest absolute Gasteiger partial charge is 0.228 e. The number of nitrogens with zero attached hydrogens (tertiary/aromatic N) is 5. The Bertz CT molecular complexity index is 1170. The van der Waals surface area contributed by atoms with Gasteiger partial charge in [0.25, 0.3) is 0 Å². The van der Waals surface area contributed by atoms with E-state index < -0.39 is 20.0 Å². The van der Waals surface area contributed by atoms with E-state index in [9.17, 15) is 4.79 Å². The first-order valence-electron chi connectivity index (χ1n) is 12.3. The maximum atomic E-state index is 12.8. The molecule has 1 saturated carbocycles. The summed E-state index contributed by atoms with van der Waals surface area (Å²) in [6.07, 6.45) is 6.67. The Balaban J connectivity index is 1.43. The predicted octanol–water partition coefficient (Wildman–Crippen LogP) is 3.09. The summed E-state index contributed by atoms with van der Waals surface area (Å²) in [4.78, 5) is 22.4. The standard InChI is InChI=1S/C21H26N6O/c1-26(2)17-7-4-14(5-8-17)21(28)25-20-10-19-15(11-22-20)6-9-18(24-19)16-12-23-27(3)13-16/h6,9-14,17H,4-5,7-8H2,1-3H3,(H,22,25,28)/t14-,17-/i1D3,2D3. The van der Waals surface area contributed by atoms with Crippen LogP contribution in [0.5, 0.6) is 0 Å². The van der Waals surface area contributed by atoms with Crippen molar-refractivity contribution in [2.45, 2.75) is 31.7 Å². The first-order chi connectivity index (χ1) is 15.9. The molecule has 3 aromatic heterocycles. The minimum Gasteiger partial charge on any atom is -0.310 e. The number of aryl methyl sites for hydroxylation is 1. The molecular weight excluding hydrogens is 352 g/mol. The third-order valence-corrected chi connectivity index (χ3v) is 5.26. The molecule has 0 aromatic carbocycles. The molecular formula is C21H26N6O. The molecule has 0 bridgehead atoms. The Kier molecular flexibility index (Phi) is 3.46. The molecule has 1 amide bonds. The Morgan fingerprint density at radius 3 is 2.79 bits per heavy atom. The summed E-state index contributed by atoms with van der Waals surface area (Å²) in [7, 11) is 1.83. The van der Waals surface area contributed by atoms with E-state index in [1.165, 1.54) is 0 Å². The number of pyridine rings is 2. The number of nitrogens with one attached hydrogen (secondary N) is 1. The molecule has 3 heterocycles. The van der Waals surface area contributed by atoms with Crippen molar-refractivity contribution in [2.75, 3.05) is 19.3 Å². The molecule has 0 spiro atoms. The van der Waals surface area contributed by atoms with Crippen LogP contribution in [0.3, 0.4) is 0 Å². The van der Waals surface area contributed by atoms with Gasteiger partial charge in [-0.25, -0.2) is 9.97 Å². The van der Waals surface area contributed by atoms with Gasteiger partial charge in [-0.2, -0.15) is 5.10 Å². The molecule has 7 nitrogen and oxygen atoms in total. The number of aromatic nitrogens is 4. The number of carbonyl (C=O) groups is 1. The van der Waals surface area contributed by atoms with Crippen molar-refractivity contribution in [3.63, 3.8) is 0 Å². The molecule has 0 atom stereocenters. The van der Waals surface area contributed by atoms with Crippen LogP contribution >= 0.6 is 0 Å². The van der Waals surface area contributed by atoms with Crippen molar-refractivity contribution >= 4 is 22.6 Å². The van der Waals surface area contributed by atoms with Gasteiger partial charge in [0.05, 0.1) is 17.4 Å². The van der Waals surface area contributed by atoms with E-state index in [0.29, 0.717) is 41.9 Å².